The van der Waals surface area contributed by atoms with Crippen LogP contribution in [-0.4, -0.2) is 51.2 Å². The van der Waals surface area contributed by atoms with Crippen LogP contribution in [0.2, 0.25) is 0 Å². The number of anilines is 1. The Morgan fingerprint density at radius 2 is 1.65 bits per heavy atom. The molecule has 218 valence electrons. The van der Waals surface area contributed by atoms with E-state index in [9.17, 15) is 31.2 Å². The number of alkyl halides is 3. The van der Waals surface area contributed by atoms with E-state index in [0.717, 1.165) is 25.0 Å². The lowest BCUT2D eigenvalue weighted by molar-refractivity contribution is -0.137. The van der Waals surface area contributed by atoms with Crippen LogP contribution in [0.15, 0.2) is 41.3 Å². The quantitative estimate of drug-likeness (QED) is 0.402. The van der Waals surface area contributed by atoms with Gasteiger partial charge in [-0.3, -0.25) is 4.72 Å². The molecule has 0 spiro atoms. The van der Waals surface area contributed by atoms with Crippen LogP contribution in [0.4, 0.5) is 23.7 Å². The third kappa shape index (κ3) is 6.89. The van der Waals surface area contributed by atoms with Gasteiger partial charge < -0.3 is 14.4 Å². The highest BCUT2D eigenvalue weighted by atomic mass is 32.2. The van der Waals surface area contributed by atoms with Crippen LogP contribution < -0.4 is 4.72 Å². The van der Waals surface area contributed by atoms with E-state index < -0.39 is 45.3 Å². The Kier molecular flexibility index (Phi) is 8.13. The Hall–Kier alpha value is -3.28. The predicted octanol–water partition coefficient (Wildman–Crippen LogP) is 6.28. The zero-order valence-corrected chi connectivity index (χ0v) is 23.6. The lowest BCUT2D eigenvalue weighted by Gasteiger charge is -2.35. The van der Waals surface area contributed by atoms with Crippen LogP contribution in [-0.2, 0) is 25.7 Å². The maximum atomic E-state index is 13.7. The molecule has 2 aromatic rings. The van der Waals surface area contributed by atoms with Crippen LogP contribution >= 0.6 is 0 Å². The Labute approximate surface area is 231 Å². The molecule has 1 N–H and O–H groups in total. The van der Waals surface area contributed by atoms with Crippen LogP contribution in [0.5, 0.6) is 0 Å². The van der Waals surface area contributed by atoms with E-state index in [0.29, 0.717) is 30.5 Å². The molecule has 0 aromatic heterocycles. The first-order valence-electron chi connectivity index (χ1n) is 13.0. The Morgan fingerprint density at radius 3 is 2.25 bits per heavy atom. The summed E-state index contributed by atoms with van der Waals surface area (Å²) in [5.41, 5.74) is -1.13. The molecule has 1 aliphatic heterocycles. The third-order valence-corrected chi connectivity index (χ3v) is 8.30. The van der Waals surface area contributed by atoms with Gasteiger partial charge in [-0.1, -0.05) is 12.1 Å². The van der Waals surface area contributed by atoms with Crippen molar-refractivity contribution < 1.29 is 40.7 Å². The molecule has 1 saturated carbocycles. The van der Waals surface area contributed by atoms with Crippen molar-refractivity contribution in [1.29, 1.82) is 0 Å². The van der Waals surface area contributed by atoms with Crippen molar-refractivity contribution in [3.05, 3.63) is 58.7 Å². The molecule has 12 heteroatoms. The highest BCUT2D eigenvalue weighted by Crippen LogP contribution is 2.44. The van der Waals surface area contributed by atoms with Gasteiger partial charge in [0.15, 0.2) is 0 Å². The molecule has 1 aliphatic carbocycles. The fraction of sp³-hybridized carbons (Fsp3) is 0.500. The molecule has 1 heterocycles. The molecule has 1 unspecified atom stereocenters. The van der Waals surface area contributed by atoms with Crippen molar-refractivity contribution in [2.45, 2.75) is 75.0 Å². The SMILES string of the molecule is COC(=O)c1ccc(C2CC2)c(S(=O)(=O)Nc2cc(C(F)(F)F)ccc2C2CCCN(C(=O)OC(C)(C)C)C2)c1. The largest absolute Gasteiger partial charge is 0.465 e. The summed E-state index contributed by atoms with van der Waals surface area (Å²) >= 11 is 0. The molecule has 2 aliphatic rings. The van der Waals surface area contributed by atoms with E-state index in [1.54, 1.807) is 26.8 Å². The van der Waals surface area contributed by atoms with Gasteiger partial charge in [-0.05, 0) is 87.8 Å². The number of benzene rings is 2. The van der Waals surface area contributed by atoms with E-state index >= 15 is 0 Å². The Morgan fingerprint density at radius 1 is 0.975 bits per heavy atom. The van der Waals surface area contributed by atoms with Gasteiger partial charge >= 0.3 is 18.2 Å². The molecule has 8 nitrogen and oxygen atoms in total. The third-order valence-electron chi connectivity index (χ3n) is 6.88. The number of rotatable bonds is 6. The van der Waals surface area contributed by atoms with Crippen molar-refractivity contribution >= 4 is 27.8 Å². The molecule has 40 heavy (non-hydrogen) atoms. The van der Waals surface area contributed by atoms with Crippen LogP contribution in [0.3, 0.4) is 0 Å². The molecule has 0 bridgehead atoms. The predicted molar refractivity (Wildman–Crippen MR) is 142 cm³/mol. The van der Waals surface area contributed by atoms with Gasteiger partial charge in [0.2, 0.25) is 0 Å². The Balaban J connectivity index is 1.73. The minimum absolute atomic E-state index is 0.0109. The first-order valence-corrected chi connectivity index (χ1v) is 14.5. The topological polar surface area (TPSA) is 102 Å². The fourth-order valence-electron chi connectivity index (χ4n) is 4.84. The average molecular weight is 583 g/mol. The van der Waals surface area contributed by atoms with Crippen molar-refractivity contribution in [2.24, 2.45) is 0 Å². The van der Waals surface area contributed by atoms with Gasteiger partial charge in [-0.25, -0.2) is 18.0 Å². The second-order valence-electron chi connectivity index (χ2n) is 11.2. The summed E-state index contributed by atoms with van der Waals surface area (Å²) in [6, 6.07) is 7.16. The van der Waals surface area contributed by atoms with Crippen molar-refractivity contribution in [3.8, 4) is 0 Å². The number of hydrogen-bond acceptors (Lipinski definition) is 6. The standard InChI is InChI=1S/C28H33F3N2O6S/c1-27(2,3)39-26(35)33-13-5-6-19(16-33)21-12-10-20(28(29,30)31)15-23(21)32-40(36,37)24-14-18(25(34)38-4)9-11-22(24)17-7-8-17/h9-12,14-15,17,19,32H,5-8,13,16H2,1-4H3. The highest BCUT2D eigenvalue weighted by molar-refractivity contribution is 7.92. The minimum atomic E-state index is -4.71. The normalized spacial score (nSPS) is 18.3. The summed E-state index contributed by atoms with van der Waals surface area (Å²) in [4.78, 5) is 26.1. The average Bonchev–Trinajstić information content (AvgIpc) is 3.72. The van der Waals surface area contributed by atoms with Gasteiger partial charge in [0.25, 0.3) is 10.0 Å². The van der Waals surface area contributed by atoms with Crippen molar-refractivity contribution in [1.82, 2.24) is 4.90 Å². The second kappa shape index (κ2) is 10.9. The number of hydrogen-bond donors (Lipinski definition) is 1. The van der Waals surface area contributed by atoms with Crippen molar-refractivity contribution in [2.75, 3.05) is 24.9 Å². The summed E-state index contributed by atoms with van der Waals surface area (Å²) in [7, 11) is -3.25. The fourth-order valence-corrected chi connectivity index (χ4v) is 6.25. The van der Waals surface area contributed by atoms with Crippen LogP contribution in [0.1, 0.15) is 85.3 Å². The minimum Gasteiger partial charge on any atom is -0.465 e. The first-order chi connectivity index (χ1) is 18.6. The van der Waals surface area contributed by atoms with Crippen LogP contribution in [0.25, 0.3) is 0 Å². The summed E-state index contributed by atoms with van der Waals surface area (Å²) in [6.45, 7) is 5.78. The van der Waals surface area contributed by atoms with Gasteiger partial charge in [0.1, 0.15) is 5.60 Å². The van der Waals surface area contributed by atoms with Crippen LogP contribution in [0, 0.1) is 0 Å². The number of ether oxygens (including phenoxy) is 2. The highest BCUT2D eigenvalue weighted by Gasteiger charge is 2.36. The number of esters is 1. The number of nitrogens with zero attached hydrogens (tertiary/aromatic N) is 1. The summed E-state index contributed by atoms with van der Waals surface area (Å²) in [5.74, 6) is -1.20. The maximum absolute atomic E-state index is 13.7. The molecule has 1 amide bonds. The number of sulfonamides is 1. The Bertz CT molecular complexity index is 1400. The monoisotopic (exact) mass is 582 g/mol. The molecule has 0 radical (unpaired) electrons. The number of amides is 1. The van der Waals surface area contributed by atoms with E-state index in [2.05, 4.69) is 4.72 Å². The van der Waals surface area contributed by atoms with E-state index in [1.807, 2.05) is 0 Å². The summed E-state index contributed by atoms with van der Waals surface area (Å²) < 4.78 is 81.1. The zero-order valence-electron chi connectivity index (χ0n) is 22.8. The van der Waals surface area contributed by atoms with Crippen molar-refractivity contribution in [3.63, 3.8) is 0 Å². The summed E-state index contributed by atoms with van der Waals surface area (Å²) in [5, 5.41) is 0. The van der Waals surface area contributed by atoms with E-state index in [1.165, 1.54) is 30.2 Å². The summed E-state index contributed by atoms with van der Waals surface area (Å²) in [6.07, 6.45) is -2.64. The number of likely N-dealkylation sites (tertiary alicyclic amines) is 1. The number of piperidine rings is 1. The van der Waals surface area contributed by atoms with Gasteiger partial charge in [-0.2, -0.15) is 13.2 Å². The number of carbonyl (C=O) groups is 2. The van der Waals surface area contributed by atoms with E-state index in [-0.39, 0.29) is 28.6 Å². The van der Waals surface area contributed by atoms with Gasteiger partial charge in [0, 0.05) is 19.0 Å². The molecule has 1 atom stereocenters. The number of nitrogens with one attached hydrogen (secondary N) is 1. The maximum Gasteiger partial charge on any atom is 0.416 e. The molecular formula is C28H33F3N2O6S. The smallest absolute Gasteiger partial charge is 0.416 e. The first kappa shape index (κ1) is 29.7. The molecule has 2 aromatic carbocycles. The second-order valence-corrected chi connectivity index (χ2v) is 12.8. The zero-order chi connectivity index (χ0) is 29.5. The number of methoxy groups -OCH3 is 1. The lowest BCUT2D eigenvalue weighted by Crippen LogP contribution is -2.42. The molecule has 2 fully saturated rings. The lowest BCUT2D eigenvalue weighted by atomic mass is 9.89. The molecule has 1 saturated heterocycles. The number of carbonyl (C=O) groups excluding carboxylic acids is 2. The van der Waals surface area contributed by atoms with Gasteiger partial charge in [-0.15, -0.1) is 0 Å². The molecular weight excluding hydrogens is 549 g/mol. The van der Waals surface area contributed by atoms with Gasteiger partial charge in [0.05, 0.1) is 28.8 Å². The number of halogens is 3. The van der Waals surface area contributed by atoms with E-state index in [4.69, 9.17) is 9.47 Å². The molecule has 4 rings (SSSR count).